The summed E-state index contributed by atoms with van der Waals surface area (Å²) in [4.78, 5) is 31.8. The molecule has 2 heterocycles. The van der Waals surface area contributed by atoms with Gasteiger partial charge in [0.25, 0.3) is 5.91 Å². The van der Waals surface area contributed by atoms with Crippen LogP contribution in [-0.2, 0) is 9.53 Å². The van der Waals surface area contributed by atoms with E-state index in [0.717, 1.165) is 56.8 Å². The van der Waals surface area contributed by atoms with E-state index in [9.17, 15) is 9.59 Å². The molecule has 1 saturated heterocycles. The lowest BCUT2D eigenvalue weighted by Crippen LogP contribution is -2.48. The van der Waals surface area contributed by atoms with Gasteiger partial charge < -0.3 is 29.2 Å². The molecule has 0 bridgehead atoms. The fourth-order valence-corrected chi connectivity index (χ4v) is 5.45. The largest absolute Gasteiger partial charge is 0.493 e. The number of fused-ring (bicyclic) bond motifs is 1. The molecule has 0 aromatic heterocycles. The van der Waals surface area contributed by atoms with Crippen molar-refractivity contribution in [1.29, 1.82) is 0 Å². The first kappa shape index (κ1) is 27.7. The van der Waals surface area contributed by atoms with Crippen molar-refractivity contribution in [3.63, 3.8) is 0 Å². The second-order valence-electron chi connectivity index (χ2n) is 9.57. The Morgan fingerprint density at radius 3 is 2.34 bits per heavy atom. The van der Waals surface area contributed by atoms with Gasteiger partial charge in [-0.15, -0.1) is 0 Å². The molecule has 0 radical (unpaired) electrons. The minimum absolute atomic E-state index is 0.0856. The number of amides is 2. The van der Waals surface area contributed by atoms with Gasteiger partial charge in [-0.2, -0.15) is 0 Å². The maximum atomic E-state index is 13.9. The minimum Gasteiger partial charge on any atom is -0.493 e. The van der Waals surface area contributed by atoms with E-state index in [1.54, 1.807) is 26.2 Å². The number of rotatable bonds is 11. The Hall–Kier alpha value is -3.30. The summed E-state index contributed by atoms with van der Waals surface area (Å²) < 4.78 is 22.2. The van der Waals surface area contributed by atoms with Crippen LogP contribution in [0.2, 0.25) is 0 Å². The molecular formula is C29H39N3O6. The van der Waals surface area contributed by atoms with Crippen LogP contribution in [0.4, 0.5) is 0 Å². The molecule has 2 aromatic carbocycles. The zero-order valence-corrected chi connectivity index (χ0v) is 22.8. The topological polar surface area (TPSA) is 89.6 Å². The second kappa shape index (κ2) is 13.0. The first-order chi connectivity index (χ1) is 18.5. The standard InChI is InChI=1S/C29H39N3O6/c1-5-12-32-26(20-18-23(35-2)27(37-4)24(19-20)36-3)25(21-9-6-7-10-22(21)29(32)34)28(33)30-11-8-13-31-14-16-38-17-15-31/h6-7,9-10,18-19,25-26H,5,8,11-17H2,1-4H3,(H,30,33)/t25-,26+/m1/s1. The zero-order chi connectivity index (χ0) is 27.1. The van der Waals surface area contributed by atoms with E-state index in [2.05, 4.69) is 10.2 Å². The maximum absolute atomic E-state index is 13.9. The van der Waals surface area contributed by atoms with Crippen molar-refractivity contribution < 1.29 is 28.5 Å². The van der Waals surface area contributed by atoms with Crippen LogP contribution in [0.25, 0.3) is 0 Å². The number of nitrogens with zero attached hydrogens (tertiary/aromatic N) is 2. The Morgan fingerprint density at radius 2 is 1.71 bits per heavy atom. The van der Waals surface area contributed by atoms with Crippen LogP contribution in [-0.4, -0.2) is 88.9 Å². The summed E-state index contributed by atoms with van der Waals surface area (Å²) in [5.41, 5.74) is 2.05. The predicted molar refractivity (Wildman–Crippen MR) is 144 cm³/mol. The van der Waals surface area contributed by atoms with Crippen LogP contribution in [0.15, 0.2) is 36.4 Å². The summed E-state index contributed by atoms with van der Waals surface area (Å²) in [5.74, 6) is 0.641. The summed E-state index contributed by atoms with van der Waals surface area (Å²) in [6.45, 7) is 7.34. The Morgan fingerprint density at radius 1 is 1.03 bits per heavy atom. The van der Waals surface area contributed by atoms with Gasteiger partial charge in [0.05, 0.1) is 46.5 Å². The van der Waals surface area contributed by atoms with Gasteiger partial charge in [0, 0.05) is 31.7 Å². The molecular weight excluding hydrogens is 486 g/mol. The monoisotopic (exact) mass is 525 g/mol. The van der Waals surface area contributed by atoms with E-state index < -0.39 is 12.0 Å². The highest BCUT2D eigenvalue weighted by Crippen LogP contribution is 2.47. The van der Waals surface area contributed by atoms with Gasteiger partial charge >= 0.3 is 0 Å². The molecule has 0 saturated carbocycles. The van der Waals surface area contributed by atoms with E-state index in [1.807, 2.05) is 43.3 Å². The Balaban J connectivity index is 1.69. The van der Waals surface area contributed by atoms with Crippen molar-refractivity contribution in [2.45, 2.75) is 31.7 Å². The molecule has 2 aromatic rings. The number of ether oxygens (including phenoxy) is 4. The highest BCUT2D eigenvalue weighted by molar-refractivity contribution is 6.01. The number of morpholine rings is 1. The van der Waals surface area contributed by atoms with Crippen LogP contribution in [0, 0.1) is 0 Å². The third-order valence-corrected chi connectivity index (χ3v) is 7.27. The van der Waals surface area contributed by atoms with Crippen LogP contribution >= 0.6 is 0 Å². The number of carbonyl (C=O) groups excluding carboxylic acids is 2. The second-order valence-corrected chi connectivity index (χ2v) is 9.57. The molecule has 2 amide bonds. The lowest BCUT2D eigenvalue weighted by Gasteiger charge is -2.42. The van der Waals surface area contributed by atoms with Crippen LogP contribution in [0.5, 0.6) is 17.2 Å². The molecule has 2 aliphatic heterocycles. The molecule has 9 nitrogen and oxygen atoms in total. The molecule has 4 rings (SSSR count). The molecule has 2 atom stereocenters. The number of nitrogens with one attached hydrogen (secondary N) is 1. The molecule has 0 spiro atoms. The van der Waals surface area contributed by atoms with E-state index in [-0.39, 0.29) is 11.8 Å². The van der Waals surface area contributed by atoms with Crippen molar-refractivity contribution in [1.82, 2.24) is 15.1 Å². The summed E-state index contributed by atoms with van der Waals surface area (Å²) in [5, 5.41) is 3.17. The molecule has 9 heteroatoms. The summed E-state index contributed by atoms with van der Waals surface area (Å²) in [6, 6.07) is 10.6. The van der Waals surface area contributed by atoms with E-state index in [4.69, 9.17) is 18.9 Å². The fraction of sp³-hybridized carbons (Fsp3) is 0.517. The van der Waals surface area contributed by atoms with Crippen molar-refractivity contribution >= 4 is 11.8 Å². The predicted octanol–water partition coefficient (Wildman–Crippen LogP) is 3.24. The van der Waals surface area contributed by atoms with E-state index >= 15 is 0 Å². The van der Waals surface area contributed by atoms with Crippen LogP contribution in [0.3, 0.4) is 0 Å². The molecule has 1 N–H and O–H groups in total. The molecule has 2 aliphatic rings. The quantitative estimate of drug-likeness (QED) is 0.451. The number of benzene rings is 2. The van der Waals surface area contributed by atoms with E-state index in [1.165, 1.54) is 0 Å². The first-order valence-corrected chi connectivity index (χ1v) is 13.3. The van der Waals surface area contributed by atoms with Crippen molar-refractivity contribution in [3.8, 4) is 17.2 Å². The smallest absolute Gasteiger partial charge is 0.254 e. The summed E-state index contributed by atoms with van der Waals surface area (Å²) in [7, 11) is 4.67. The van der Waals surface area contributed by atoms with Gasteiger partial charge in [-0.1, -0.05) is 25.1 Å². The average Bonchev–Trinajstić information content (AvgIpc) is 2.96. The number of hydrogen-bond donors (Lipinski definition) is 1. The normalized spacial score (nSPS) is 19.6. The Labute approximate surface area is 225 Å². The molecule has 206 valence electrons. The third kappa shape index (κ3) is 5.73. The van der Waals surface area contributed by atoms with Gasteiger partial charge in [-0.05, 0) is 48.7 Å². The fourth-order valence-electron chi connectivity index (χ4n) is 5.45. The van der Waals surface area contributed by atoms with E-state index in [0.29, 0.717) is 35.9 Å². The Kier molecular flexibility index (Phi) is 9.47. The van der Waals surface area contributed by atoms with Gasteiger partial charge in [0.15, 0.2) is 11.5 Å². The molecule has 0 aliphatic carbocycles. The number of hydrogen-bond acceptors (Lipinski definition) is 7. The number of carbonyl (C=O) groups is 2. The summed E-state index contributed by atoms with van der Waals surface area (Å²) in [6.07, 6.45) is 1.59. The molecule has 1 fully saturated rings. The minimum atomic E-state index is -0.596. The van der Waals surface area contributed by atoms with Gasteiger partial charge in [-0.25, -0.2) is 0 Å². The molecule has 0 unspecified atom stereocenters. The SMILES string of the molecule is CCCN1C(=O)c2ccccc2[C@@H](C(=O)NCCCN2CCOCC2)[C@@H]1c1cc(OC)c(OC)c(OC)c1. The molecule has 38 heavy (non-hydrogen) atoms. The van der Waals surface area contributed by atoms with Crippen LogP contribution < -0.4 is 19.5 Å². The highest BCUT2D eigenvalue weighted by atomic mass is 16.5. The maximum Gasteiger partial charge on any atom is 0.254 e. The van der Waals surface area contributed by atoms with Gasteiger partial charge in [-0.3, -0.25) is 14.5 Å². The highest BCUT2D eigenvalue weighted by Gasteiger charge is 2.44. The van der Waals surface area contributed by atoms with Crippen molar-refractivity contribution in [2.24, 2.45) is 0 Å². The Bertz CT molecular complexity index is 1090. The summed E-state index contributed by atoms with van der Waals surface area (Å²) >= 11 is 0. The van der Waals surface area contributed by atoms with Crippen LogP contribution in [0.1, 0.15) is 53.2 Å². The first-order valence-electron chi connectivity index (χ1n) is 13.3. The lowest BCUT2D eigenvalue weighted by atomic mass is 9.79. The van der Waals surface area contributed by atoms with Crippen molar-refractivity contribution in [3.05, 3.63) is 53.1 Å². The third-order valence-electron chi connectivity index (χ3n) is 7.27. The lowest BCUT2D eigenvalue weighted by molar-refractivity contribution is -0.124. The average molecular weight is 526 g/mol. The van der Waals surface area contributed by atoms with Gasteiger partial charge in [0.2, 0.25) is 11.7 Å². The van der Waals surface area contributed by atoms with Gasteiger partial charge in [0.1, 0.15) is 0 Å². The van der Waals surface area contributed by atoms with Crippen molar-refractivity contribution in [2.75, 3.05) is 67.3 Å². The zero-order valence-electron chi connectivity index (χ0n) is 22.8. The number of methoxy groups -OCH3 is 3.